The van der Waals surface area contributed by atoms with E-state index in [-0.39, 0.29) is 5.91 Å². The molecule has 2 aromatic heterocycles. The fraction of sp³-hybridized carbons (Fsp3) is 0.118. The zero-order chi connectivity index (χ0) is 15.4. The van der Waals surface area contributed by atoms with Crippen LogP contribution in [-0.2, 0) is 11.2 Å². The second-order valence-electron chi connectivity index (χ2n) is 4.82. The first-order chi connectivity index (χ1) is 10.8. The van der Waals surface area contributed by atoms with E-state index in [0.29, 0.717) is 6.42 Å². The van der Waals surface area contributed by atoms with Crippen LogP contribution < -0.4 is 5.32 Å². The molecule has 3 rings (SSSR count). The number of carbonyl (C=O) groups excluding carboxylic acids is 1. The van der Waals surface area contributed by atoms with Crippen molar-refractivity contribution in [1.82, 2.24) is 15.3 Å². The molecule has 1 aromatic carbocycles. The Morgan fingerprint density at radius 3 is 2.50 bits per heavy atom. The van der Waals surface area contributed by atoms with Gasteiger partial charge in [-0.2, -0.15) is 0 Å². The summed E-state index contributed by atoms with van der Waals surface area (Å²) < 4.78 is 0. The fourth-order valence-corrected chi connectivity index (χ4v) is 2.94. The zero-order valence-corrected chi connectivity index (χ0v) is 12.9. The van der Waals surface area contributed by atoms with Crippen molar-refractivity contribution in [3.05, 3.63) is 59.7 Å². The first kappa shape index (κ1) is 14.4. The molecule has 0 unspecified atom stereocenters. The molecule has 22 heavy (non-hydrogen) atoms. The van der Waals surface area contributed by atoms with Crippen LogP contribution in [0.1, 0.15) is 5.56 Å². The van der Waals surface area contributed by atoms with Gasteiger partial charge in [-0.1, -0.05) is 24.3 Å². The summed E-state index contributed by atoms with van der Waals surface area (Å²) in [4.78, 5) is 20.1. The summed E-state index contributed by atoms with van der Waals surface area (Å²) in [5.41, 5.74) is 4.07. The van der Waals surface area contributed by atoms with E-state index in [2.05, 4.69) is 15.3 Å². The number of amides is 1. The zero-order valence-electron chi connectivity index (χ0n) is 12.1. The number of hydrogen-bond donors (Lipinski definition) is 1. The molecule has 0 atom stereocenters. The minimum atomic E-state index is 0.0152. The predicted octanol–water partition coefficient (Wildman–Crippen LogP) is 3.16. The molecule has 2 heterocycles. The van der Waals surface area contributed by atoms with E-state index in [1.165, 1.54) is 0 Å². The minimum Gasteiger partial charge on any atom is -0.359 e. The monoisotopic (exact) mass is 309 g/mol. The second-order valence-corrected chi connectivity index (χ2v) is 5.68. The standard InChI is InChI=1S/C17H15N3OS/c1-18-16(21)10-12-2-4-13(5-3-12)15-11-22-17(20-15)14-6-8-19-9-7-14/h2-9,11H,10H2,1H3,(H,18,21). The summed E-state index contributed by atoms with van der Waals surface area (Å²) in [6.07, 6.45) is 3.93. The topological polar surface area (TPSA) is 54.9 Å². The van der Waals surface area contributed by atoms with Crippen LogP contribution in [0.5, 0.6) is 0 Å². The molecule has 110 valence electrons. The Morgan fingerprint density at radius 1 is 1.09 bits per heavy atom. The number of hydrogen-bond acceptors (Lipinski definition) is 4. The van der Waals surface area contributed by atoms with E-state index < -0.39 is 0 Å². The van der Waals surface area contributed by atoms with Crippen LogP contribution in [0.2, 0.25) is 0 Å². The summed E-state index contributed by atoms with van der Waals surface area (Å²) >= 11 is 1.61. The van der Waals surface area contributed by atoms with Gasteiger partial charge in [-0.05, 0) is 17.7 Å². The molecule has 1 N–H and O–H groups in total. The maximum Gasteiger partial charge on any atom is 0.224 e. The highest BCUT2D eigenvalue weighted by Gasteiger charge is 2.07. The molecule has 0 saturated heterocycles. The lowest BCUT2D eigenvalue weighted by molar-refractivity contribution is -0.119. The van der Waals surface area contributed by atoms with Crippen molar-refractivity contribution in [1.29, 1.82) is 0 Å². The summed E-state index contributed by atoms with van der Waals surface area (Å²) in [6, 6.07) is 11.9. The summed E-state index contributed by atoms with van der Waals surface area (Å²) in [7, 11) is 1.65. The number of carbonyl (C=O) groups is 1. The fourth-order valence-electron chi connectivity index (χ4n) is 2.10. The Balaban J connectivity index is 1.80. The van der Waals surface area contributed by atoms with Gasteiger partial charge in [-0.15, -0.1) is 11.3 Å². The average Bonchev–Trinajstić information content (AvgIpc) is 3.06. The van der Waals surface area contributed by atoms with Crippen LogP contribution in [0.25, 0.3) is 21.8 Å². The maximum atomic E-state index is 11.4. The lowest BCUT2D eigenvalue weighted by atomic mass is 10.1. The molecular weight excluding hydrogens is 294 g/mol. The van der Waals surface area contributed by atoms with E-state index in [1.807, 2.05) is 41.8 Å². The van der Waals surface area contributed by atoms with Gasteiger partial charge in [0.2, 0.25) is 5.91 Å². The van der Waals surface area contributed by atoms with Crippen molar-refractivity contribution in [2.45, 2.75) is 6.42 Å². The molecule has 0 saturated carbocycles. The van der Waals surface area contributed by atoms with Crippen LogP contribution in [-0.4, -0.2) is 22.9 Å². The van der Waals surface area contributed by atoms with Crippen molar-refractivity contribution in [2.24, 2.45) is 0 Å². The van der Waals surface area contributed by atoms with Gasteiger partial charge >= 0.3 is 0 Å². The van der Waals surface area contributed by atoms with E-state index in [1.54, 1.807) is 30.8 Å². The van der Waals surface area contributed by atoms with Gasteiger partial charge in [0.15, 0.2) is 0 Å². The normalized spacial score (nSPS) is 10.4. The van der Waals surface area contributed by atoms with Crippen molar-refractivity contribution >= 4 is 17.2 Å². The highest BCUT2D eigenvalue weighted by Crippen LogP contribution is 2.28. The molecule has 0 radical (unpaired) electrons. The molecule has 4 nitrogen and oxygen atoms in total. The Kier molecular flexibility index (Phi) is 4.25. The van der Waals surface area contributed by atoms with Gasteiger partial charge in [-0.25, -0.2) is 4.98 Å². The number of benzene rings is 1. The Hall–Kier alpha value is -2.53. The SMILES string of the molecule is CNC(=O)Cc1ccc(-c2csc(-c3ccncc3)n2)cc1. The third-order valence-electron chi connectivity index (χ3n) is 3.32. The summed E-state index contributed by atoms with van der Waals surface area (Å²) in [5.74, 6) is 0.0152. The van der Waals surface area contributed by atoms with E-state index in [0.717, 1.165) is 27.4 Å². The molecule has 0 fully saturated rings. The number of nitrogens with zero attached hydrogens (tertiary/aromatic N) is 2. The van der Waals surface area contributed by atoms with Crippen LogP contribution in [0, 0.1) is 0 Å². The molecule has 0 spiro atoms. The van der Waals surface area contributed by atoms with Crippen LogP contribution in [0.3, 0.4) is 0 Å². The van der Waals surface area contributed by atoms with Crippen LogP contribution in [0.15, 0.2) is 54.2 Å². The van der Waals surface area contributed by atoms with Gasteiger partial charge in [0.1, 0.15) is 5.01 Å². The molecule has 0 bridgehead atoms. The van der Waals surface area contributed by atoms with Gasteiger partial charge in [-0.3, -0.25) is 9.78 Å². The first-order valence-electron chi connectivity index (χ1n) is 6.92. The highest BCUT2D eigenvalue weighted by atomic mass is 32.1. The second kappa shape index (κ2) is 6.49. The van der Waals surface area contributed by atoms with E-state index in [4.69, 9.17) is 0 Å². The van der Waals surface area contributed by atoms with E-state index in [9.17, 15) is 4.79 Å². The Labute approximate surface area is 132 Å². The van der Waals surface area contributed by atoms with Gasteiger partial charge in [0.25, 0.3) is 0 Å². The van der Waals surface area contributed by atoms with Crippen molar-refractivity contribution in [3.63, 3.8) is 0 Å². The quantitative estimate of drug-likeness (QED) is 0.805. The lowest BCUT2D eigenvalue weighted by Crippen LogP contribution is -2.19. The number of aromatic nitrogens is 2. The minimum absolute atomic E-state index is 0.0152. The molecule has 5 heteroatoms. The maximum absolute atomic E-state index is 11.4. The molecule has 0 aliphatic rings. The van der Waals surface area contributed by atoms with Gasteiger partial charge < -0.3 is 5.32 Å². The summed E-state index contributed by atoms with van der Waals surface area (Å²) in [6.45, 7) is 0. The summed E-state index contributed by atoms with van der Waals surface area (Å²) in [5, 5.41) is 5.65. The number of rotatable bonds is 4. The number of pyridine rings is 1. The van der Waals surface area contributed by atoms with Gasteiger partial charge in [0.05, 0.1) is 12.1 Å². The molecular formula is C17H15N3OS. The third-order valence-corrected chi connectivity index (χ3v) is 4.22. The number of thiazole rings is 1. The highest BCUT2D eigenvalue weighted by molar-refractivity contribution is 7.13. The molecule has 3 aromatic rings. The van der Waals surface area contributed by atoms with Crippen molar-refractivity contribution in [2.75, 3.05) is 7.05 Å². The van der Waals surface area contributed by atoms with Crippen LogP contribution >= 0.6 is 11.3 Å². The third kappa shape index (κ3) is 3.20. The predicted molar refractivity (Wildman–Crippen MR) is 88.6 cm³/mol. The Bertz CT molecular complexity index is 766. The van der Waals surface area contributed by atoms with Crippen molar-refractivity contribution < 1.29 is 4.79 Å². The van der Waals surface area contributed by atoms with Gasteiger partial charge in [0, 0.05) is 35.9 Å². The largest absolute Gasteiger partial charge is 0.359 e. The van der Waals surface area contributed by atoms with Crippen molar-refractivity contribution in [3.8, 4) is 21.8 Å². The number of likely N-dealkylation sites (N-methyl/N-ethyl adjacent to an activating group) is 1. The average molecular weight is 309 g/mol. The smallest absolute Gasteiger partial charge is 0.224 e. The van der Waals surface area contributed by atoms with Crippen LogP contribution in [0.4, 0.5) is 0 Å². The Morgan fingerprint density at radius 2 is 1.82 bits per heavy atom. The molecule has 0 aliphatic carbocycles. The number of nitrogens with one attached hydrogen (secondary N) is 1. The molecule has 1 amide bonds. The first-order valence-corrected chi connectivity index (χ1v) is 7.80. The molecule has 0 aliphatic heterocycles. The lowest BCUT2D eigenvalue weighted by Gasteiger charge is -2.02. The van der Waals surface area contributed by atoms with E-state index >= 15 is 0 Å².